The van der Waals surface area contributed by atoms with Crippen LogP contribution in [0.5, 0.6) is 5.75 Å². The number of nitrogens with zero attached hydrogens (tertiary/aromatic N) is 2. The van der Waals surface area contributed by atoms with Gasteiger partial charge in [0.25, 0.3) is 0 Å². The Morgan fingerprint density at radius 1 is 1.30 bits per heavy atom. The standard InChI is InChI=1S/C14H17FN4O/c1-3-20-14-5-13(12(16)4-11(14)15)19-8-10-7-17-9(2)6-18-10/h4-7,19H,3,8,16H2,1-2H3. The zero-order chi connectivity index (χ0) is 14.5. The second-order valence-electron chi connectivity index (χ2n) is 4.31. The fourth-order valence-corrected chi connectivity index (χ4v) is 1.68. The Hall–Kier alpha value is -2.37. The third-order valence-electron chi connectivity index (χ3n) is 2.70. The number of ether oxygens (including phenoxy) is 1. The summed E-state index contributed by atoms with van der Waals surface area (Å²) in [4.78, 5) is 8.38. The monoisotopic (exact) mass is 276 g/mol. The second-order valence-corrected chi connectivity index (χ2v) is 4.31. The molecule has 0 bridgehead atoms. The van der Waals surface area contributed by atoms with Crippen molar-refractivity contribution in [3.63, 3.8) is 0 Å². The van der Waals surface area contributed by atoms with Crippen LogP contribution in [0.15, 0.2) is 24.5 Å². The maximum Gasteiger partial charge on any atom is 0.167 e. The number of benzene rings is 1. The van der Waals surface area contributed by atoms with E-state index in [1.54, 1.807) is 25.4 Å². The van der Waals surface area contributed by atoms with Gasteiger partial charge in [0, 0.05) is 18.3 Å². The lowest BCUT2D eigenvalue weighted by Crippen LogP contribution is -2.06. The molecule has 5 nitrogen and oxygen atoms in total. The Labute approximate surface area is 117 Å². The predicted octanol–water partition coefficient (Wildman–Crippen LogP) is 2.52. The Kier molecular flexibility index (Phi) is 4.34. The third-order valence-corrected chi connectivity index (χ3v) is 2.70. The summed E-state index contributed by atoms with van der Waals surface area (Å²) in [6.07, 6.45) is 3.38. The van der Waals surface area contributed by atoms with E-state index < -0.39 is 5.82 Å². The van der Waals surface area contributed by atoms with Crippen molar-refractivity contribution in [1.82, 2.24) is 9.97 Å². The third kappa shape index (κ3) is 3.34. The zero-order valence-corrected chi connectivity index (χ0v) is 11.5. The van der Waals surface area contributed by atoms with Gasteiger partial charge in [0.15, 0.2) is 11.6 Å². The van der Waals surface area contributed by atoms with Crippen molar-refractivity contribution in [3.8, 4) is 5.75 Å². The van der Waals surface area contributed by atoms with Crippen molar-refractivity contribution in [2.24, 2.45) is 0 Å². The highest BCUT2D eigenvalue weighted by Crippen LogP contribution is 2.28. The zero-order valence-electron chi connectivity index (χ0n) is 11.5. The average molecular weight is 276 g/mol. The molecule has 1 aromatic carbocycles. The number of nitrogens with one attached hydrogen (secondary N) is 1. The fourth-order valence-electron chi connectivity index (χ4n) is 1.68. The molecular formula is C14H17FN4O. The van der Waals surface area contributed by atoms with E-state index in [0.29, 0.717) is 24.5 Å². The van der Waals surface area contributed by atoms with Crippen LogP contribution >= 0.6 is 0 Å². The average Bonchev–Trinajstić information content (AvgIpc) is 2.42. The van der Waals surface area contributed by atoms with Crippen LogP contribution in [0.4, 0.5) is 15.8 Å². The highest BCUT2D eigenvalue weighted by molar-refractivity contribution is 5.68. The molecule has 1 heterocycles. The number of anilines is 2. The number of hydrogen-bond acceptors (Lipinski definition) is 5. The molecule has 0 aliphatic rings. The van der Waals surface area contributed by atoms with Gasteiger partial charge in [0.1, 0.15) is 0 Å². The molecule has 0 amide bonds. The summed E-state index contributed by atoms with van der Waals surface area (Å²) < 4.78 is 18.8. The molecule has 0 atom stereocenters. The van der Waals surface area contributed by atoms with Gasteiger partial charge < -0.3 is 15.8 Å². The van der Waals surface area contributed by atoms with Gasteiger partial charge in [0.05, 0.1) is 42.1 Å². The molecule has 0 aliphatic heterocycles. The number of nitrogen functional groups attached to an aromatic ring is 1. The van der Waals surface area contributed by atoms with Crippen molar-refractivity contribution in [2.75, 3.05) is 17.7 Å². The van der Waals surface area contributed by atoms with Crippen LogP contribution in [0.3, 0.4) is 0 Å². The minimum Gasteiger partial charge on any atom is -0.491 e. The molecule has 106 valence electrons. The molecule has 2 aromatic rings. The summed E-state index contributed by atoms with van der Waals surface area (Å²) in [5.74, 6) is -0.288. The maximum absolute atomic E-state index is 13.6. The molecule has 6 heteroatoms. The quantitative estimate of drug-likeness (QED) is 0.821. The number of aromatic nitrogens is 2. The molecule has 1 aromatic heterocycles. The summed E-state index contributed by atoms with van der Waals surface area (Å²) in [6.45, 7) is 4.51. The molecule has 0 unspecified atom stereocenters. The number of aryl methyl sites for hydroxylation is 1. The van der Waals surface area contributed by atoms with Crippen molar-refractivity contribution in [3.05, 3.63) is 41.7 Å². The molecule has 0 radical (unpaired) electrons. The Bertz CT molecular complexity index is 586. The lowest BCUT2D eigenvalue weighted by molar-refractivity contribution is 0.322. The van der Waals surface area contributed by atoms with Crippen molar-refractivity contribution in [2.45, 2.75) is 20.4 Å². The topological polar surface area (TPSA) is 73.1 Å². The van der Waals surface area contributed by atoms with Crippen LogP contribution in [0.25, 0.3) is 0 Å². The molecular weight excluding hydrogens is 259 g/mol. The van der Waals surface area contributed by atoms with Gasteiger partial charge in [0.2, 0.25) is 0 Å². The number of rotatable bonds is 5. The summed E-state index contributed by atoms with van der Waals surface area (Å²) in [7, 11) is 0. The molecule has 0 spiro atoms. The fraction of sp³-hybridized carbons (Fsp3) is 0.286. The SMILES string of the molecule is CCOc1cc(NCc2cnc(C)cn2)c(N)cc1F. The van der Waals surface area contributed by atoms with Crippen LogP contribution in [-0.4, -0.2) is 16.6 Å². The minimum atomic E-state index is -0.468. The molecule has 0 saturated carbocycles. The Morgan fingerprint density at radius 2 is 2.10 bits per heavy atom. The Balaban J connectivity index is 2.12. The smallest absolute Gasteiger partial charge is 0.167 e. The highest BCUT2D eigenvalue weighted by atomic mass is 19.1. The van der Waals surface area contributed by atoms with E-state index in [1.807, 2.05) is 6.92 Å². The van der Waals surface area contributed by atoms with Crippen molar-refractivity contribution >= 4 is 11.4 Å². The molecule has 0 fully saturated rings. The molecule has 0 aliphatic carbocycles. The first-order valence-corrected chi connectivity index (χ1v) is 6.33. The van der Waals surface area contributed by atoms with Gasteiger partial charge in [-0.25, -0.2) is 4.39 Å². The van der Waals surface area contributed by atoms with Gasteiger partial charge in [-0.2, -0.15) is 0 Å². The van der Waals surface area contributed by atoms with Crippen LogP contribution in [0, 0.1) is 12.7 Å². The Morgan fingerprint density at radius 3 is 2.75 bits per heavy atom. The summed E-state index contributed by atoms with van der Waals surface area (Å²) in [6, 6.07) is 2.80. The summed E-state index contributed by atoms with van der Waals surface area (Å²) in [5, 5.41) is 3.10. The predicted molar refractivity (Wildman–Crippen MR) is 76.1 cm³/mol. The van der Waals surface area contributed by atoms with E-state index in [4.69, 9.17) is 10.5 Å². The number of halogens is 1. The number of nitrogens with two attached hydrogens (primary N) is 1. The summed E-state index contributed by atoms with van der Waals surface area (Å²) in [5.41, 5.74) is 8.34. The van der Waals surface area contributed by atoms with E-state index in [0.717, 1.165) is 11.4 Å². The summed E-state index contributed by atoms with van der Waals surface area (Å²) >= 11 is 0. The molecule has 0 saturated heterocycles. The molecule has 3 N–H and O–H groups in total. The first-order chi connectivity index (χ1) is 9.60. The largest absolute Gasteiger partial charge is 0.491 e. The van der Waals surface area contributed by atoms with Crippen LogP contribution in [-0.2, 0) is 6.54 Å². The normalized spacial score (nSPS) is 10.3. The van der Waals surface area contributed by atoms with E-state index in [9.17, 15) is 4.39 Å². The van der Waals surface area contributed by atoms with E-state index in [1.165, 1.54) is 6.07 Å². The lowest BCUT2D eigenvalue weighted by atomic mass is 10.2. The molecule has 20 heavy (non-hydrogen) atoms. The van der Waals surface area contributed by atoms with Crippen molar-refractivity contribution in [1.29, 1.82) is 0 Å². The van der Waals surface area contributed by atoms with Crippen LogP contribution in [0.1, 0.15) is 18.3 Å². The van der Waals surface area contributed by atoms with E-state index in [-0.39, 0.29) is 5.75 Å². The van der Waals surface area contributed by atoms with Gasteiger partial charge in [-0.3, -0.25) is 9.97 Å². The van der Waals surface area contributed by atoms with Gasteiger partial charge in [-0.1, -0.05) is 0 Å². The first kappa shape index (κ1) is 14.0. The van der Waals surface area contributed by atoms with Gasteiger partial charge in [-0.15, -0.1) is 0 Å². The molecule has 2 rings (SSSR count). The lowest BCUT2D eigenvalue weighted by Gasteiger charge is -2.12. The minimum absolute atomic E-state index is 0.180. The van der Waals surface area contributed by atoms with Crippen LogP contribution in [0.2, 0.25) is 0 Å². The van der Waals surface area contributed by atoms with Crippen LogP contribution < -0.4 is 15.8 Å². The maximum atomic E-state index is 13.6. The first-order valence-electron chi connectivity index (χ1n) is 6.33. The number of hydrogen-bond donors (Lipinski definition) is 2. The van der Waals surface area contributed by atoms with E-state index in [2.05, 4.69) is 15.3 Å². The van der Waals surface area contributed by atoms with Gasteiger partial charge in [-0.05, 0) is 13.8 Å². The second kappa shape index (κ2) is 6.18. The van der Waals surface area contributed by atoms with Crippen molar-refractivity contribution < 1.29 is 9.13 Å². The highest BCUT2D eigenvalue weighted by Gasteiger charge is 2.09. The van der Waals surface area contributed by atoms with E-state index >= 15 is 0 Å². The van der Waals surface area contributed by atoms with Gasteiger partial charge >= 0.3 is 0 Å².